The van der Waals surface area contributed by atoms with E-state index in [0.29, 0.717) is 60.7 Å². The highest BCUT2D eigenvalue weighted by atomic mass is 19.1. The number of halogens is 1. The van der Waals surface area contributed by atoms with Gasteiger partial charge in [0.05, 0.1) is 5.69 Å². The molecular formula is C21H21FN6O2. The molecule has 2 aromatic carbocycles. The molecule has 5 rings (SSSR count). The normalized spacial score (nSPS) is 15.4. The molecule has 0 radical (unpaired) electrons. The second-order valence-corrected chi connectivity index (χ2v) is 7.08. The van der Waals surface area contributed by atoms with Gasteiger partial charge in [-0.05, 0) is 24.3 Å². The largest absolute Gasteiger partial charge is 0.454 e. The van der Waals surface area contributed by atoms with Crippen molar-refractivity contribution in [2.24, 2.45) is 0 Å². The number of fused-ring (bicyclic) bond motifs is 1. The Morgan fingerprint density at radius 1 is 0.933 bits per heavy atom. The second-order valence-electron chi connectivity index (χ2n) is 7.08. The summed E-state index contributed by atoms with van der Waals surface area (Å²) in [6, 6.07) is 12.4. The number of hydrogen-bond acceptors (Lipinski definition) is 8. The fourth-order valence-electron chi connectivity index (χ4n) is 3.72. The summed E-state index contributed by atoms with van der Waals surface area (Å²) in [5, 5.41) is 3.23. The van der Waals surface area contributed by atoms with Crippen molar-refractivity contribution in [2.75, 3.05) is 53.8 Å². The Balaban J connectivity index is 1.31. The van der Waals surface area contributed by atoms with Crippen LogP contribution < -0.4 is 30.3 Å². The van der Waals surface area contributed by atoms with Gasteiger partial charge in [0.1, 0.15) is 17.8 Å². The van der Waals surface area contributed by atoms with E-state index in [1.54, 1.807) is 12.1 Å². The zero-order chi connectivity index (χ0) is 20.5. The third kappa shape index (κ3) is 3.38. The third-order valence-corrected chi connectivity index (χ3v) is 5.27. The SMILES string of the molecule is Nc1c(Nc2ccc3c(c2)OCO3)ncnc1N1CCN(c2ccccc2F)CC1. The molecule has 2 aliphatic heterocycles. The monoisotopic (exact) mass is 408 g/mol. The zero-order valence-corrected chi connectivity index (χ0v) is 16.2. The number of rotatable bonds is 4. The topological polar surface area (TPSA) is 88.8 Å². The number of aromatic nitrogens is 2. The van der Waals surface area contributed by atoms with Crippen LogP contribution in [0.1, 0.15) is 0 Å². The maximum Gasteiger partial charge on any atom is 0.231 e. The van der Waals surface area contributed by atoms with Gasteiger partial charge in [-0.15, -0.1) is 0 Å². The molecule has 0 spiro atoms. The van der Waals surface area contributed by atoms with Gasteiger partial charge in [0.15, 0.2) is 23.1 Å². The van der Waals surface area contributed by atoms with E-state index in [4.69, 9.17) is 15.2 Å². The van der Waals surface area contributed by atoms with Gasteiger partial charge in [-0.3, -0.25) is 0 Å². The Morgan fingerprint density at radius 2 is 1.70 bits per heavy atom. The van der Waals surface area contributed by atoms with Gasteiger partial charge in [-0.2, -0.15) is 0 Å². The molecular weight excluding hydrogens is 387 g/mol. The molecule has 1 saturated heterocycles. The molecule has 1 aromatic heterocycles. The summed E-state index contributed by atoms with van der Waals surface area (Å²) in [7, 11) is 0. The van der Waals surface area contributed by atoms with Crippen molar-refractivity contribution in [3.8, 4) is 11.5 Å². The molecule has 0 amide bonds. The van der Waals surface area contributed by atoms with Gasteiger partial charge in [-0.25, -0.2) is 14.4 Å². The number of nitrogens with zero attached hydrogens (tertiary/aromatic N) is 4. The molecule has 0 saturated carbocycles. The highest BCUT2D eigenvalue weighted by molar-refractivity contribution is 5.79. The van der Waals surface area contributed by atoms with Crippen LogP contribution in [0.3, 0.4) is 0 Å². The molecule has 0 unspecified atom stereocenters. The second kappa shape index (κ2) is 7.58. The lowest BCUT2D eigenvalue weighted by molar-refractivity contribution is 0.174. The average molecular weight is 408 g/mol. The quantitative estimate of drug-likeness (QED) is 0.681. The number of anilines is 5. The van der Waals surface area contributed by atoms with Crippen LogP contribution in [0, 0.1) is 5.82 Å². The van der Waals surface area contributed by atoms with Gasteiger partial charge in [0.2, 0.25) is 6.79 Å². The van der Waals surface area contributed by atoms with E-state index in [-0.39, 0.29) is 12.6 Å². The van der Waals surface area contributed by atoms with Crippen LogP contribution in [0.15, 0.2) is 48.8 Å². The number of para-hydroxylation sites is 1. The fraction of sp³-hybridized carbons (Fsp3) is 0.238. The Bertz CT molecular complexity index is 1070. The predicted octanol–water partition coefficient (Wildman–Crippen LogP) is 3.00. The van der Waals surface area contributed by atoms with E-state index < -0.39 is 0 Å². The summed E-state index contributed by atoms with van der Waals surface area (Å²) in [5.74, 6) is 2.38. The van der Waals surface area contributed by atoms with Crippen LogP contribution in [0.5, 0.6) is 11.5 Å². The Hall–Kier alpha value is -3.75. The minimum absolute atomic E-state index is 0.206. The van der Waals surface area contributed by atoms with Crippen molar-refractivity contribution >= 4 is 28.7 Å². The minimum Gasteiger partial charge on any atom is -0.454 e. The summed E-state index contributed by atoms with van der Waals surface area (Å²) in [5.41, 5.74) is 8.27. The average Bonchev–Trinajstić information content (AvgIpc) is 3.24. The maximum absolute atomic E-state index is 14.1. The minimum atomic E-state index is -0.206. The summed E-state index contributed by atoms with van der Waals surface area (Å²) in [4.78, 5) is 12.8. The summed E-state index contributed by atoms with van der Waals surface area (Å²) in [6.07, 6.45) is 1.49. The van der Waals surface area contributed by atoms with Crippen LogP contribution >= 0.6 is 0 Å². The molecule has 3 heterocycles. The van der Waals surface area contributed by atoms with Gasteiger partial charge in [-0.1, -0.05) is 12.1 Å². The van der Waals surface area contributed by atoms with Crippen molar-refractivity contribution in [2.45, 2.75) is 0 Å². The van der Waals surface area contributed by atoms with Crippen molar-refractivity contribution in [1.29, 1.82) is 0 Å². The van der Waals surface area contributed by atoms with Crippen molar-refractivity contribution in [3.05, 3.63) is 54.6 Å². The van der Waals surface area contributed by atoms with E-state index in [1.165, 1.54) is 12.4 Å². The van der Waals surface area contributed by atoms with Crippen molar-refractivity contribution < 1.29 is 13.9 Å². The zero-order valence-electron chi connectivity index (χ0n) is 16.2. The highest BCUT2D eigenvalue weighted by Gasteiger charge is 2.23. The van der Waals surface area contributed by atoms with Crippen molar-refractivity contribution in [3.63, 3.8) is 0 Å². The predicted molar refractivity (Wildman–Crippen MR) is 113 cm³/mol. The summed E-state index contributed by atoms with van der Waals surface area (Å²) < 4.78 is 24.8. The number of nitrogens with two attached hydrogens (primary N) is 1. The van der Waals surface area contributed by atoms with Gasteiger partial charge in [0, 0.05) is 37.9 Å². The standard InChI is InChI=1S/C21H21FN6O2/c22-15-3-1-2-4-16(15)27-7-9-28(10-8-27)21-19(23)20(24-12-25-21)26-14-5-6-17-18(11-14)30-13-29-17/h1-6,11-12H,7-10,13,23H2,(H,24,25,26). The van der Waals surface area contributed by atoms with Crippen LogP contribution in [0.4, 0.5) is 33.1 Å². The van der Waals surface area contributed by atoms with E-state index in [2.05, 4.69) is 20.2 Å². The molecule has 30 heavy (non-hydrogen) atoms. The lowest BCUT2D eigenvalue weighted by Crippen LogP contribution is -2.47. The summed E-state index contributed by atoms with van der Waals surface area (Å²) in [6.45, 7) is 2.93. The number of hydrogen-bond donors (Lipinski definition) is 2. The molecule has 3 aromatic rings. The lowest BCUT2D eigenvalue weighted by atomic mass is 10.2. The van der Waals surface area contributed by atoms with Gasteiger partial charge < -0.3 is 30.3 Å². The first-order valence-corrected chi connectivity index (χ1v) is 9.70. The van der Waals surface area contributed by atoms with E-state index in [0.717, 1.165) is 5.69 Å². The van der Waals surface area contributed by atoms with E-state index >= 15 is 0 Å². The summed E-state index contributed by atoms with van der Waals surface area (Å²) >= 11 is 0. The number of benzene rings is 2. The first-order chi connectivity index (χ1) is 14.7. The molecule has 0 bridgehead atoms. The maximum atomic E-state index is 14.1. The van der Waals surface area contributed by atoms with Crippen LogP contribution in [0.2, 0.25) is 0 Å². The Labute approximate surface area is 173 Å². The Morgan fingerprint density at radius 3 is 2.53 bits per heavy atom. The molecule has 2 aliphatic rings. The number of piperazine rings is 1. The first-order valence-electron chi connectivity index (χ1n) is 9.70. The fourth-order valence-corrected chi connectivity index (χ4v) is 3.72. The molecule has 8 nitrogen and oxygen atoms in total. The van der Waals surface area contributed by atoms with Gasteiger partial charge in [0.25, 0.3) is 0 Å². The van der Waals surface area contributed by atoms with Crippen LogP contribution in [-0.2, 0) is 0 Å². The third-order valence-electron chi connectivity index (χ3n) is 5.27. The Kier molecular flexibility index (Phi) is 4.62. The molecule has 1 fully saturated rings. The first kappa shape index (κ1) is 18.3. The van der Waals surface area contributed by atoms with E-state index in [1.807, 2.05) is 29.2 Å². The van der Waals surface area contributed by atoms with E-state index in [9.17, 15) is 4.39 Å². The number of nitrogen functional groups attached to an aromatic ring is 1. The molecule has 0 atom stereocenters. The van der Waals surface area contributed by atoms with Crippen LogP contribution in [0.25, 0.3) is 0 Å². The molecule has 0 aliphatic carbocycles. The lowest BCUT2D eigenvalue weighted by Gasteiger charge is -2.37. The molecule has 3 N–H and O–H groups in total. The number of nitrogens with one attached hydrogen (secondary N) is 1. The smallest absolute Gasteiger partial charge is 0.231 e. The molecule has 154 valence electrons. The van der Waals surface area contributed by atoms with Crippen LogP contribution in [-0.4, -0.2) is 42.9 Å². The molecule has 9 heteroatoms. The highest BCUT2D eigenvalue weighted by Crippen LogP contribution is 2.36. The number of ether oxygens (including phenoxy) is 2. The van der Waals surface area contributed by atoms with Crippen molar-refractivity contribution in [1.82, 2.24) is 9.97 Å². The van der Waals surface area contributed by atoms with Gasteiger partial charge >= 0.3 is 0 Å².